The summed E-state index contributed by atoms with van der Waals surface area (Å²) < 4.78 is 5.04. The smallest absolute Gasteiger partial charge is 0.408 e. The van der Waals surface area contributed by atoms with Crippen LogP contribution in [0, 0.1) is 0 Å². The van der Waals surface area contributed by atoms with Gasteiger partial charge < -0.3 is 20.5 Å². The molecule has 0 spiro atoms. The van der Waals surface area contributed by atoms with Crippen LogP contribution in [0.3, 0.4) is 0 Å². The lowest BCUT2D eigenvalue weighted by molar-refractivity contribution is -0.140. The summed E-state index contributed by atoms with van der Waals surface area (Å²) >= 11 is 0. The summed E-state index contributed by atoms with van der Waals surface area (Å²) in [5.74, 6) is -1.96. The highest BCUT2D eigenvalue weighted by molar-refractivity contribution is 5.92. The molecule has 21 heavy (non-hydrogen) atoms. The summed E-state index contributed by atoms with van der Waals surface area (Å²) in [6.45, 7) is 13.5. The molecule has 0 saturated carbocycles. The Bertz CT molecular complexity index is 451. The predicted molar refractivity (Wildman–Crippen MR) is 77.7 cm³/mol. The highest BCUT2D eigenvalue weighted by Gasteiger charge is 2.27. The predicted octanol–water partition coefficient (Wildman–Crippen LogP) is 1.21. The third kappa shape index (κ3) is 7.14. The molecular weight excluding hydrogens is 276 g/mol. The van der Waals surface area contributed by atoms with Crippen molar-refractivity contribution in [2.24, 2.45) is 0 Å². The molecule has 7 heteroatoms. The number of carboxylic acids is 1. The Labute approximate surface area is 124 Å². The average Bonchev–Trinajstić information content (AvgIpc) is 2.29. The maximum atomic E-state index is 12.0. The van der Waals surface area contributed by atoms with Gasteiger partial charge in [-0.2, -0.15) is 0 Å². The fraction of sp³-hybridized carbons (Fsp3) is 0.500. The van der Waals surface area contributed by atoms with Gasteiger partial charge in [0.15, 0.2) is 0 Å². The van der Waals surface area contributed by atoms with E-state index in [1.165, 1.54) is 6.92 Å². The first-order chi connectivity index (χ1) is 9.47. The molecule has 0 heterocycles. The average molecular weight is 298 g/mol. The van der Waals surface area contributed by atoms with E-state index in [1.54, 1.807) is 20.8 Å². The summed E-state index contributed by atoms with van der Waals surface area (Å²) in [6.07, 6.45) is 0.277. The lowest BCUT2D eigenvalue weighted by Crippen LogP contribution is -2.52. The van der Waals surface area contributed by atoms with E-state index in [9.17, 15) is 14.4 Å². The van der Waals surface area contributed by atoms with Gasteiger partial charge in [0.05, 0.1) is 0 Å². The number of aliphatic carboxylic acids is 1. The molecule has 2 atom stereocenters. The number of carbonyl (C=O) groups excluding carboxylic acids is 2. The number of carboxylic acid groups (broad SMARTS) is 1. The minimum absolute atomic E-state index is 0.339. The van der Waals surface area contributed by atoms with Crippen LogP contribution in [0.5, 0.6) is 0 Å². The van der Waals surface area contributed by atoms with Crippen molar-refractivity contribution in [1.29, 1.82) is 0 Å². The van der Waals surface area contributed by atoms with E-state index in [0.717, 1.165) is 6.08 Å². The van der Waals surface area contributed by atoms with Gasteiger partial charge in [-0.15, -0.1) is 6.58 Å². The minimum atomic E-state index is -1.25. The lowest BCUT2D eigenvalue weighted by atomic mass is 10.1. The number of amides is 2. The normalized spacial score (nSPS) is 13.5. The lowest BCUT2D eigenvalue weighted by Gasteiger charge is -2.24. The van der Waals surface area contributed by atoms with E-state index >= 15 is 0 Å². The summed E-state index contributed by atoms with van der Waals surface area (Å²) in [4.78, 5) is 34.5. The molecule has 0 aromatic carbocycles. The minimum Gasteiger partial charge on any atom is -0.479 e. The van der Waals surface area contributed by atoms with Crippen molar-refractivity contribution in [3.05, 3.63) is 24.8 Å². The van der Waals surface area contributed by atoms with E-state index < -0.39 is 35.7 Å². The molecular formula is C14H22N2O5. The SMILES string of the molecule is C=C[C@H](NC(=O)[C@H](NC(=O)OC(C)(C)C)C(=C)C)C(=O)O. The van der Waals surface area contributed by atoms with E-state index in [4.69, 9.17) is 9.84 Å². The molecule has 0 aliphatic carbocycles. The van der Waals surface area contributed by atoms with Gasteiger partial charge >= 0.3 is 12.1 Å². The molecule has 3 N–H and O–H groups in total. The van der Waals surface area contributed by atoms with E-state index in [0.29, 0.717) is 5.57 Å². The maximum absolute atomic E-state index is 12.0. The number of nitrogens with one attached hydrogen (secondary N) is 2. The number of carbonyl (C=O) groups is 3. The summed E-state index contributed by atoms with van der Waals surface area (Å²) in [5.41, 5.74) is -0.378. The van der Waals surface area contributed by atoms with Crippen LogP contribution in [0.4, 0.5) is 4.79 Å². The number of rotatable bonds is 6. The monoisotopic (exact) mass is 298 g/mol. The van der Waals surface area contributed by atoms with Gasteiger partial charge in [-0.1, -0.05) is 12.7 Å². The molecule has 0 aromatic heterocycles. The van der Waals surface area contributed by atoms with Crippen molar-refractivity contribution >= 4 is 18.0 Å². The van der Waals surface area contributed by atoms with Crippen LogP contribution < -0.4 is 10.6 Å². The molecule has 2 amide bonds. The Morgan fingerprint density at radius 3 is 2.10 bits per heavy atom. The van der Waals surface area contributed by atoms with Gasteiger partial charge in [0.1, 0.15) is 17.7 Å². The Morgan fingerprint density at radius 1 is 1.24 bits per heavy atom. The molecule has 0 aromatic rings. The Hall–Kier alpha value is -2.31. The van der Waals surface area contributed by atoms with Crippen LogP contribution in [-0.4, -0.2) is 40.8 Å². The van der Waals surface area contributed by atoms with Crippen molar-refractivity contribution in [1.82, 2.24) is 10.6 Å². The van der Waals surface area contributed by atoms with Crippen molar-refractivity contribution in [3.8, 4) is 0 Å². The van der Waals surface area contributed by atoms with Gasteiger partial charge in [-0.05, 0) is 33.3 Å². The van der Waals surface area contributed by atoms with Gasteiger partial charge in [-0.25, -0.2) is 9.59 Å². The van der Waals surface area contributed by atoms with Crippen LogP contribution >= 0.6 is 0 Å². The highest BCUT2D eigenvalue weighted by Crippen LogP contribution is 2.08. The topological polar surface area (TPSA) is 105 Å². The van der Waals surface area contributed by atoms with Gasteiger partial charge in [0, 0.05) is 0 Å². The van der Waals surface area contributed by atoms with Gasteiger partial charge in [-0.3, -0.25) is 4.79 Å². The second-order valence-electron chi connectivity index (χ2n) is 5.49. The Kier molecular flexibility index (Phi) is 6.65. The quantitative estimate of drug-likeness (QED) is 0.639. The zero-order valence-corrected chi connectivity index (χ0v) is 12.7. The van der Waals surface area contributed by atoms with E-state index in [1.807, 2.05) is 0 Å². The molecule has 7 nitrogen and oxygen atoms in total. The fourth-order valence-electron chi connectivity index (χ4n) is 1.30. The molecule has 0 aliphatic heterocycles. The number of ether oxygens (including phenoxy) is 1. The van der Waals surface area contributed by atoms with Crippen LogP contribution in [0.2, 0.25) is 0 Å². The van der Waals surface area contributed by atoms with E-state index in [2.05, 4.69) is 23.8 Å². The zero-order chi connectivity index (χ0) is 16.8. The first kappa shape index (κ1) is 18.7. The standard InChI is InChI=1S/C14H22N2O5/c1-7-9(12(18)19)15-11(17)10(8(2)3)16-13(20)21-14(4,5)6/h7,9-10H,1-2H2,3-6H3,(H,15,17)(H,16,20)(H,18,19)/t9-,10+/m0/s1. The number of hydrogen-bond donors (Lipinski definition) is 3. The first-order valence-corrected chi connectivity index (χ1v) is 6.28. The van der Waals surface area contributed by atoms with Crippen molar-refractivity contribution in [2.45, 2.75) is 45.4 Å². The van der Waals surface area contributed by atoms with Gasteiger partial charge in [0.2, 0.25) is 5.91 Å². The van der Waals surface area contributed by atoms with Crippen LogP contribution in [0.1, 0.15) is 27.7 Å². The molecule has 118 valence electrons. The van der Waals surface area contributed by atoms with Crippen molar-refractivity contribution in [2.75, 3.05) is 0 Å². The second-order valence-corrected chi connectivity index (χ2v) is 5.49. The molecule has 0 aliphatic rings. The molecule has 0 unspecified atom stereocenters. The number of alkyl carbamates (subject to hydrolysis) is 1. The van der Waals surface area contributed by atoms with Crippen LogP contribution in [0.15, 0.2) is 24.8 Å². The molecule has 0 fully saturated rings. The Morgan fingerprint density at radius 2 is 1.76 bits per heavy atom. The van der Waals surface area contributed by atoms with Gasteiger partial charge in [0.25, 0.3) is 0 Å². The summed E-state index contributed by atoms with van der Waals surface area (Å²) in [5, 5.41) is 13.4. The molecule has 0 radical (unpaired) electrons. The van der Waals surface area contributed by atoms with Crippen molar-refractivity contribution in [3.63, 3.8) is 0 Å². The maximum Gasteiger partial charge on any atom is 0.408 e. The third-order valence-electron chi connectivity index (χ3n) is 2.22. The molecule has 0 bridgehead atoms. The van der Waals surface area contributed by atoms with Crippen LogP contribution in [-0.2, 0) is 14.3 Å². The fourth-order valence-corrected chi connectivity index (χ4v) is 1.30. The van der Waals surface area contributed by atoms with Crippen molar-refractivity contribution < 1.29 is 24.2 Å². The summed E-state index contributed by atoms with van der Waals surface area (Å²) in [7, 11) is 0. The summed E-state index contributed by atoms with van der Waals surface area (Å²) in [6, 6.07) is -2.35. The molecule has 0 rings (SSSR count). The zero-order valence-electron chi connectivity index (χ0n) is 12.7. The third-order valence-corrected chi connectivity index (χ3v) is 2.22. The first-order valence-electron chi connectivity index (χ1n) is 6.28. The second kappa shape index (κ2) is 7.47. The van der Waals surface area contributed by atoms with E-state index in [-0.39, 0.29) is 0 Å². The highest BCUT2D eigenvalue weighted by atomic mass is 16.6. The number of hydrogen-bond acceptors (Lipinski definition) is 4. The Balaban J connectivity index is 4.87. The van der Waals surface area contributed by atoms with Crippen LogP contribution in [0.25, 0.3) is 0 Å². The largest absolute Gasteiger partial charge is 0.479 e. The molecule has 0 saturated heterocycles.